The van der Waals surface area contributed by atoms with Gasteiger partial charge in [-0.3, -0.25) is 9.69 Å². The van der Waals surface area contributed by atoms with Gasteiger partial charge in [0.25, 0.3) is 0 Å². The van der Waals surface area contributed by atoms with Crippen molar-refractivity contribution in [1.29, 1.82) is 0 Å². The Kier molecular flexibility index (Phi) is 5.56. The Labute approximate surface area is 144 Å². The van der Waals surface area contributed by atoms with Crippen molar-refractivity contribution in [2.24, 2.45) is 0 Å². The highest BCUT2D eigenvalue weighted by Crippen LogP contribution is 2.22. The Morgan fingerprint density at radius 2 is 1.79 bits per heavy atom. The minimum Gasteiger partial charge on any atom is -0.351 e. The lowest BCUT2D eigenvalue weighted by atomic mass is 10.0. The molecule has 2 fully saturated rings. The molecule has 0 spiro atoms. The van der Waals surface area contributed by atoms with Gasteiger partial charge in [0.1, 0.15) is 0 Å². The van der Waals surface area contributed by atoms with E-state index in [1.54, 1.807) is 0 Å². The predicted molar refractivity (Wildman–Crippen MR) is 94.6 cm³/mol. The van der Waals surface area contributed by atoms with Crippen LogP contribution in [-0.2, 0) is 21.1 Å². The minimum atomic E-state index is -3.06. The van der Waals surface area contributed by atoms with Crippen LogP contribution in [0.25, 0.3) is 0 Å². The fourth-order valence-corrected chi connectivity index (χ4v) is 5.71. The molecule has 132 valence electrons. The van der Waals surface area contributed by atoms with Crippen molar-refractivity contribution in [3.63, 3.8) is 0 Å². The summed E-state index contributed by atoms with van der Waals surface area (Å²) in [6.07, 6.45) is 4.52. The van der Waals surface area contributed by atoms with Crippen LogP contribution in [0, 0.1) is 0 Å². The van der Waals surface area contributed by atoms with E-state index < -0.39 is 9.84 Å². The maximum Gasteiger partial charge on any atom is 0.220 e. The van der Waals surface area contributed by atoms with Gasteiger partial charge in [-0.1, -0.05) is 36.8 Å². The summed E-state index contributed by atoms with van der Waals surface area (Å²) in [5.41, 5.74) is 1.12. The van der Waals surface area contributed by atoms with Crippen molar-refractivity contribution in [3.8, 4) is 0 Å². The molecule has 0 aromatic heterocycles. The van der Waals surface area contributed by atoms with Crippen LogP contribution in [-0.4, -0.2) is 55.9 Å². The molecule has 2 heterocycles. The minimum absolute atomic E-state index is 0.0528. The normalized spacial score (nSPS) is 27.0. The smallest absolute Gasteiger partial charge is 0.220 e. The summed E-state index contributed by atoms with van der Waals surface area (Å²) in [6.45, 7) is 1.88. The first-order chi connectivity index (χ1) is 11.5. The van der Waals surface area contributed by atoms with E-state index in [0.717, 1.165) is 31.5 Å². The second-order valence-corrected chi connectivity index (χ2v) is 9.05. The number of benzene rings is 1. The van der Waals surface area contributed by atoms with Crippen molar-refractivity contribution < 1.29 is 13.2 Å². The molecule has 0 saturated carbocycles. The van der Waals surface area contributed by atoms with Crippen LogP contribution >= 0.6 is 0 Å². The second-order valence-electron chi connectivity index (χ2n) is 6.90. The van der Waals surface area contributed by atoms with Crippen LogP contribution in [0.4, 0.5) is 0 Å². The van der Waals surface area contributed by atoms with E-state index in [4.69, 9.17) is 0 Å². The molecule has 0 bridgehead atoms. The second kappa shape index (κ2) is 7.66. The number of piperidine rings is 1. The molecule has 5 nitrogen and oxygen atoms in total. The number of nitrogens with one attached hydrogen (secondary N) is 1. The summed E-state index contributed by atoms with van der Waals surface area (Å²) >= 11 is 0. The van der Waals surface area contributed by atoms with E-state index in [0.29, 0.717) is 12.8 Å². The predicted octanol–water partition coefficient (Wildman–Crippen LogP) is 1.39. The number of rotatable bonds is 5. The van der Waals surface area contributed by atoms with Crippen molar-refractivity contribution >= 4 is 15.7 Å². The van der Waals surface area contributed by atoms with E-state index >= 15 is 0 Å². The molecule has 6 heteroatoms. The van der Waals surface area contributed by atoms with Gasteiger partial charge in [-0.05, 0) is 37.9 Å². The molecule has 0 radical (unpaired) electrons. The average molecular weight is 350 g/mol. The van der Waals surface area contributed by atoms with Gasteiger partial charge < -0.3 is 5.32 Å². The van der Waals surface area contributed by atoms with Crippen molar-refractivity contribution in [2.75, 3.05) is 24.6 Å². The van der Waals surface area contributed by atoms with Crippen LogP contribution in [0.15, 0.2) is 30.3 Å². The maximum absolute atomic E-state index is 12.3. The first-order valence-corrected chi connectivity index (χ1v) is 10.6. The largest absolute Gasteiger partial charge is 0.351 e. The Balaban J connectivity index is 1.57. The summed E-state index contributed by atoms with van der Waals surface area (Å²) in [5, 5.41) is 2.99. The SMILES string of the molecule is O=C(CCc1ccccc1)NC1CS(=O)(=O)CC1N1CCCCC1. The highest BCUT2D eigenvalue weighted by atomic mass is 32.2. The van der Waals surface area contributed by atoms with Gasteiger partial charge >= 0.3 is 0 Å². The van der Waals surface area contributed by atoms with Crippen molar-refractivity contribution in [3.05, 3.63) is 35.9 Å². The van der Waals surface area contributed by atoms with E-state index in [9.17, 15) is 13.2 Å². The van der Waals surface area contributed by atoms with Crippen LogP contribution in [0.3, 0.4) is 0 Å². The molecule has 24 heavy (non-hydrogen) atoms. The van der Waals surface area contributed by atoms with Gasteiger partial charge in [-0.2, -0.15) is 0 Å². The van der Waals surface area contributed by atoms with Gasteiger partial charge in [0.05, 0.1) is 17.5 Å². The molecule has 1 amide bonds. The lowest BCUT2D eigenvalue weighted by Crippen LogP contribution is -2.52. The molecule has 0 aliphatic carbocycles. The van der Waals surface area contributed by atoms with Crippen LogP contribution < -0.4 is 5.32 Å². The third kappa shape index (κ3) is 4.57. The molecule has 2 unspecified atom stereocenters. The van der Waals surface area contributed by atoms with Crippen molar-refractivity contribution in [2.45, 2.75) is 44.2 Å². The summed E-state index contributed by atoms with van der Waals surface area (Å²) < 4.78 is 24.2. The highest BCUT2D eigenvalue weighted by molar-refractivity contribution is 7.91. The van der Waals surface area contributed by atoms with E-state index in [1.807, 2.05) is 30.3 Å². The number of aryl methyl sites for hydroxylation is 1. The first-order valence-electron chi connectivity index (χ1n) is 8.81. The number of carbonyl (C=O) groups excluding carboxylic acids is 1. The van der Waals surface area contributed by atoms with Gasteiger partial charge in [0.2, 0.25) is 5.91 Å². The molecule has 2 saturated heterocycles. The number of nitrogens with zero attached hydrogens (tertiary/aromatic N) is 1. The summed E-state index contributed by atoms with van der Waals surface area (Å²) in [6, 6.07) is 9.56. The Morgan fingerprint density at radius 3 is 2.50 bits per heavy atom. The number of hydrogen-bond donors (Lipinski definition) is 1. The maximum atomic E-state index is 12.3. The Bertz CT molecular complexity index is 654. The standard InChI is InChI=1S/C18H26N2O3S/c21-18(10-9-15-7-3-1-4-8-15)19-16-13-24(22,23)14-17(16)20-11-5-2-6-12-20/h1,3-4,7-8,16-17H,2,5-6,9-14H2,(H,19,21). The number of likely N-dealkylation sites (tertiary alicyclic amines) is 1. The Morgan fingerprint density at radius 1 is 1.08 bits per heavy atom. The molecular weight excluding hydrogens is 324 g/mol. The van der Waals surface area contributed by atoms with E-state index in [1.165, 1.54) is 6.42 Å². The topological polar surface area (TPSA) is 66.5 Å². The lowest BCUT2D eigenvalue weighted by Gasteiger charge is -2.35. The quantitative estimate of drug-likeness (QED) is 0.871. The molecule has 3 rings (SSSR count). The molecule has 2 atom stereocenters. The molecule has 2 aliphatic rings. The highest BCUT2D eigenvalue weighted by Gasteiger charge is 2.41. The molecule has 2 aliphatic heterocycles. The van der Waals surface area contributed by atoms with E-state index in [-0.39, 0.29) is 29.5 Å². The molecule has 1 N–H and O–H groups in total. The van der Waals surface area contributed by atoms with Crippen LogP contribution in [0.5, 0.6) is 0 Å². The molecule has 1 aromatic rings. The van der Waals surface area contributed by atoms with Crippen LogP contribution in [0.1, 0.15) is 31.2 Å². The molecule has 1 aromatic carbocycles. The van der Waals surface area contributed by atoms with Crippen LogP contribution in [0.2, 0.25) is 0 Å². The molecular formula is C18H26N2O3S. The fraction of sp³-hybridized carbons (Fsp3) is 0.611. The number of sulfone groups is 1. The van der Waals surface area contributed by atoms with Gasteiger partial charge in [-0.15, -0.1) is 0 Å². The lowest BCUT2D eigenvalue weighted by molar-refractivity contribution is -0.122. The first kappa shape index (κ1) is 17.4. The number of amides is 1. The zero-order valence-electron chi connectivity index (χ0n) is 14.0. The average Bonchev–Trinajstić information content (AvgIpc) is 2.89. The number of carbonyl (C=O) groups is 1. The zero-order valence-corrected chi connectivity index (χ0v) is 14.8. The van der Waals surface area contributed by atoms with E-state index in [2.05, 4.69) is 10.2 Å². The van der Waals surface area contributed by atoms with Gasteiger partial charge in [-0.25, -0.2) is 8.42 Å². The fourth-order valence-electron chi connectivity index (χ4n) is 3.76. The third-order valence-corrected chi connectivity index (χ3v) is 6.73. The summed E-state index contributed by atoms with van der Waals surface area (Å²) in [5.74, 6) is 0.199. The van der Waals surface area contributed by atoms with Gasteiger partial charge in [0.15, 0.2) is 9.84 Å². The zero-order chi connectivity index (χ0) is 17.0. The van der Waals surface area contributed by atoms with Gasteiger partial charge in [0, 0.05) is 12.5 Å². The third-order valence-electron chi connectivity index (χ3n) is 5.01. The summed E-state index contributed by atoms with van der Waals surface area (Å²) in [4.78, 5) is 14.5. The monoisotopic (exact) mass is 350 g/mol. The number of hydrogen-bond acceptors (Lipinski definition) is 4. The summed E-state index contributed by atoms with van der Waals surface area (Å²) in [7, 11) is -3.06. The van der Waals surface area contributed by atoms with Crippen molar-refractivity contribution in [1.82, 2.24) is 10.2 Å². The Hall–Kier alpha value is -1.40.